The van der Waals surface area contributed by atoms with E-state index >= 15 is 0 Å². The lowest BCUT2D eigenvalue weighted by Crippen LogP contribution is -2.40. The Labute approximate surface area is 177 Å². The molecule has 0 fully saturated rings. The Kier molecular flexibility index (Phi) is 11.3. The summed E-state index contributed by atoms with van der Waals surface area (Å²) in [5.41, 5.74) is 0.822. The van der Waals surface area contributed by atoms with E-state index in [0.717, 1.165) is 24.6 Å². The number of thioether (sulfide) groups is 1. The number of benzene rings is 1. The molecular formula is C19H27IN4OS. The maximum Gasteiger partial charge on any atom is 0.191 e. The first-order valence-electron chi connectivity index (χ1n) is 8.51. The number of nitrogens with one attached hydrogen (secondary N) is 2. The lowest BCUT2D eigenvalue weighted by molar-refractivity contribution is 0.187. The fourth-order valence-corrected chi connectivity index (χ4v) is 3.17. The van der Waals surface area contributed by atoms with Crippen molar-refractivity contribution in [2.75, 3.05) is 19.6 Å². The standard InChI is InChI=1S/C19H26N4OS.HI/c1-3-21-19(23-14-18(24)16-9-11-20-12-10-16)22-13-15(2)25-17-7-5-4-6-8-17;/h4-12,15,18,24H,3,13-14H2,1-2H3,(H2,21,22,23);1H. The van der Waals surface area contributed by atoms with Crippen molar-refractivity contribution in [3.8, 4) is 0 Å². The van der Waals surface area contributed by atoms with Crippen molar-refractivity contribution >= 4 is 41.7 Å². The van der Waals surface area contributed by atoms with Crippen LogP contribution in [0.4, 0.5) is 0 Å². The van der Waals surface area contributed by atoms with Crippen molar-refractivity contribution in [1.29, 1.82) is 0 Å². The van der Waals surface area contributed by atoms with Crippen molar-refractivity contribution in [3.63, 3.8) is 0 Å². The first kappa shape index (κ1) is 22.7. The molecule has 2 rings (SSSR count). The molecule has 7 heteroatoms. The second kappa shape index (κ2) is 12.9. The third kappa shape index (κ3) is 8.37. The summed E-state index contributed by atoms with van der Waals surface area (Å²) in [4.78, 5) is 9.70. The molecule has 0 aliphatic heterocycles. The Morgan fingerprint density at radius 2 is 1.85 bits per heavy atom. The van der Waals surface area contributed by atoms with Crippen molar-refractivity contribution in [1.82, 2.24) is 15.6 Å². The van der Waals surface area contributed by atoms with Gasteiger partial charge in [0.1, 0.15) is 0 Å². The zero-order valence-corrected chi connectivity index (χ0v) is 18.3. The SMILES string of the molecule is CCNC(=NCC(O)c1ccncc1)NCC(C)Sc1ccccc1.I. The van der Waals surface area contributed by atoms with Gasteiger partial charge in [-0.1, -0.05) is 25.1 Å². The maximum atomic E-state index is 10.2. The molecule has 0 bridgehead atoms. The summed E-state index contributed by atoms with van der Waals surface area (Å²) in [6.07, 6.45) is 2.72. The molecule has 0 saturated heterocycles. The predicted molar refractivity (Wildman–Crippen MR) is 120 cm³/mol. The van der Waals surface area contributed by atoms with Gasteiger partial charge >= 0.3 is 0 Å². The van der Waals surface area contributed by atoms with E-state index in [4.69, 9.17) is 0 Å². The second-order valence-corrected chi connectivity index (χ2v) is 7.15. The first-order valence-corrected chi connectivity index (χ1v) is 9.39. The van der Waals surface area contributed by atoms with Gasteiger partial charge in [-0.05, 0) is 36.8 Å². The summed E-state index contributed by atoms with van der Waals surface area (Å²) in [5.74, 6) is 0.719. The number of halogens is 1. The summed E-state index contributed by atoms with van der Waals surface area (Å²) >= 11 is 1.82. The van der Waals surface area contributed by atoms with Gasteiger partial charge in [0.15, 0.2) is 5.96 Å². The van der Waals surface area contributed by atoms with Crippen LogP contribution in [0, 0.1) is 0 Å². The highest BCUT2D eigenvalue weighted by atomic mass is 127. The molecule has 1 aromatic heterocycles. The summed E-state index contributed by atoms with van der Waals surface area (Å²) < 4.78 is 0. The molecule has 0 aliphatic rings. The highest BCUT2D eigenvalue weighted by Crippen LogP contribution is 2.21. The van der Waals surface area contributed by atoms with Crippen LogP contribution in [-0.2, 0) is 0 Å². The summed E-state index contributed by atoms with van der Waals surface area (Å²) in [5, 5.41) is 17.2. The van der Waals surface area contributed by atoms with Crippen LogP contribution in [0.25, 0.3) is 0 Å². The molecule has 1 heterocycles. The van der Waals surface area contributed by atoms with Gasteiger partial charge in [0, 0.05) is 35.6 Å². The Balaban J connectivity index is 0.00000338. The number of hydrogen-bond acceptors (Lipinski definition) is 4. The molecule has 5 nitrogen and oxygen atoms in total. The van der Waals surface area contributed by atoms with E-state index < -0.39 is 6.10 Å². The zero-order chi connectivity index (χ0) is 17.9. The number of aliphatic hydroxyl groups is 1. The molecule has 2 unspecified atom stereocenters. The number of aliphatic hydroxyl groups excluding tert-OH is 1. The minimum absolute atomic E-state index is 0. The molecule has 0 amide bonds. The van der Waals surface area contributed by atoms with Crippen LogP contribution in [0.3, 0.4) is 0 Å². The largest absolute Gasteiger partial charge is 0.386 e. The van der Waals surface area contributed by atoms with Crippen LogP contribution in [0.2, 0.25) is 0 Å². The van der Waals surface area contributed by atoms with Gasteiger partial charge < -0.3 is 15.7 Å². The summed E-state index contributed by atoms with van der Waals surface area (Å²) in [7, 11) is 0. The number of pyridine rings is 1. The van der Waals surface area contributed by atoms with Crippen molar-refractivity contribution in [2.45, 2.75) is 30.1 Å². The zero-order valence-electron chi connectivity index (χ0n) is 15.1. The number of rotatable bonds is 8. The molecule has 3 N–H and O–H groups in total. The molecular weight excluding hydrogens is 459 g/mol. The molecule has 2 aromatic rings. The van der Waals surface area contributed by atoms with E-state index in [2.05, 4.69) is 51.8 Å². The summed E-state index contributed by atoms with van der Waals surface area (Å²) in [6.45, 7) is 6.08. The maximum absolute atomic E-state index is 10.2. The summed E-state index contributed by atoms with van der Waals surface area (Å²) in [6, 6.07) is 14.0. The van der Waals surface area contributed by atoms with Gasteiger partial charge in [0.05, 0.1) is 12.6 Å². The van der Waals surface area contributed by atoms with E-state index in [1.54, 1.807) is 24.5 Å². The molecule has 0 radical (unpaired) electrons. The third-order valence-corrected chi connectivity index (χ3v) is 4.61. The molecule has 1 aromatic carbocycles. The minimum Gasteiger partial charge on any atom is -0.386 e. The van der Waals surface area contributed by atoms with Crippen LogP contribution in [0.15, 0.2) is 64.7 Å². The number of aliphatic imine (C=N–C) groups is 1. The monoisotopic (exact) mass is 486 g/mol. The van der Waals surface area contributed by atoms with Crippen LogP contribution >= 0.6 is 35.7 Å². The lowest BCUT2D eigenvalue weighted by Gasteiger charge is -2.16. The molecule has 0 saturated carbocycles. The van der Waals surface area contributed by atoms with Gasteiger partial charge in [0.2, 0.25) is 0 Å². The molecule has 0 spiro atoms. The van der Waals surface area contributed by atoms with Crippen LogP contribution < -0.4 is 10.6 Å². The second-order valence-electron chi connectivity index (χ2n) is 5.64. The Morgan fingerprint density at radius 1 is 1.15 bits per heavy atom. The fourth-order valence-electron chi connectivity index (χ4n) is 2.22. The van der Waals surface area contributed by atoms with E-state index in [1.807, 2.05) is 24.8 Å². The minimum atomic E-state index is -0.630. The third-order valence-electron chi connectivity index (χ3n) is 3.49. The van der Waals surface area contributed by atoms with Crippen LogP contribution in [-0.4, -0.2) is 40.9 Å². The Bertz CT molecular complexity index is 643. The van der Waals surface area contributed by atoms with Crippen LogP contribution in [0.1, 0.15) is 25.5 Å². The number of nitrogens with zero attached hydrogens (tertiary/aromatic N) is 2. The predicted octanol–water partition coefficient (Wildman–Crippen LogP) is 3.47. The van der Waals surface area contributed by atoms with Crippen LogP contribution in [0.5, 0.6) is 0 Å². The molecule has 2 atom stereocenters. The van der Waals surface area contributed by atoms with Crippen molar-refractivity contribution < 1.29 is 5.11 Å². The highest BCUT2D eigenvalue weighted by Gasteiger charge is 2.08. The number of aromatic nitrogens is 1. The number of hydrogen-bond donors (Lipinski definition) is 3. The Morgan fingerprint density at radius 3 is 2.50 bits per heavy atom. The van der Waals surface area contributed by atoms with Crippen molar-refractivity contribution in [2.24, 2.45) is 4.99 Å². The molecule has 0 aliphatic carbocycles. The molecule has 142 valence electrons. The Hall–Kier alpha value is -1.32. The van der Waals surface area contributed by atoms with E-state index in [9.17, 15) is 5.11 Å². The van der Waals surface area contributed by atoms with Gasteiger partial charge in [-0.15, -0.1) is 35.7 Å². The average Bonchev–Trinajstić information content (AvgIpc) is 2.65. The van der Waals surface area contributed by atoms with E-state index in [-0.39, 0.29) is 24.0 Å². The topological polar surface area (TPSA) is 69.5 Å². The number of guanidine groups is 1. The van der Waals surface area contributed by atoms with Gasteiger partial charge in [-0.2, -0.15) is 0 Å². The smallest absolute Gasteiger partial charge is 0.191 e. The normalized spacial score (nSPS) is 13.4. The quantitative estimate of drug-likeness (QED) is 0.231. The first-order chi connectivity index (χ1) is 12.2. The van der Waals surface area contributed by atoms with Crippen molar-refractivity contribution in [3.05, 3.63) is 60.4 Å². The van der Waals surface area contributed by atoms with Gasteiger partial charge in [-0.3, -0.25) is 9.98 Å². The highest BCUT2D eigenvalue weighted by molar-refractivity contribution is 14.0. The van der Waals surface area contributed by atoms with E-state index in [1.165, 1.54) is 4.90 Å². The molecule has 26 heavy (non-hydrogen) atoms. The van der Waals surface area contributed by atoms with Gasteiger partial charge in [0.25, 0.3) is 0 Å². The van der Waals surface area contributed by atoms with Gasteiger partial charge in [-0.25, -0.2) is 0 Å². The fraction of sp³-hybridized carbons (Fsp3) is 0.368. The average molecular weight is 486 g/mol. The van der Waals surface area contributed by atoms with E-state index in [0.29, 0.717) is 11.8 Å². The lowest BCUT2D eigenvalue weighted by atomic mass is 10.1.